The monoisotopic (exact) mass is 148 g/mol. The molecule has 1 rings (SSSR count). The van der Waals surface area contributed by atoms with E-state index in [9.17, 15) is 0 Å². The second kappa shape index (κ2) is 3.19. The molecule has 0 aromatic carbocycles. The van der Waals surface area contributed by atoms with Gasteiger partial charge in [-0.05, 0) is 19.1 Å². The zero-order valence-corrected chi connectivity index (χ0v) is 6.91. The molecule has 1 heterocycles. The van der Waals surface area contributed by atoms with Gasteiger partial charge in [0.25, 0.3) is 0 Å². The summed E-state index contributed by atoms with van der Waals surface area (Å²) in [6, 6.07) is 1.96. The first kappa shape index (κ1) is 7.79. The van der Waals surface area contributed by atoms with E-state index in [0.29, 0.717) is 0 Å². The zero-order valence-electron chi connectivity index (χ0n) is 6.91. The van der Waals surface area contributed by atoms with Crippen LogP contribution in [0.15, 0.2) is 30.5 Å². The molecule has 0 N–H and O–H groups in total. The number of allylic oxidation sites excluding steroid dienone is 2. The lowest BCUT2D eigenvalue weighted by Gasteiger charge is -1.92. The first-order valence-corrected chi connectivity index (χ1v) is 3.52. The second-order valence-electron chi connectivity index (χ2n) is 2.56. The van der Waals surface area contributed by atoms with Crippen LogP contribution in [0.3, 0.4) is 0 Å². The van der Waals surface area contributed by atoms with Gasteiger partial charge in [0.2, 0.25) is 0 Å². The third-order valence-electron chi connectivity index (χ3n) is 1.40. The van der Waals surface area contributed by atoms with Crippen molar-refractivity contribution in [3.8, 4) is 0 Å². The predicted octanol–water partition coefficient (Wildman–Crippen LogP) is 2.01. The van der Waals surface area contributed by atoms with Crippen molar-refractivity contribution in [2.75, 3.05) is 0 Å². The lowest BCUT2D eigenvalue weighted by Crippen LogP contribution is -1.91. The molecule has 0 spiro atoms. The van der Waals surface area contributed by atoms with Gasteiger partial charge < -0.3 is 0 Å². The molecule has 0 fully saturated rings. The van der Waals surface area contributed by atoms with Crippen LogP contribution < -0.4 is 0 Å². The summed E-state index contributed by atoms with van der Waals surface area (Å²) in [5.41, 5.74) is 2.14. The van der Waals surface area contributed by atoms with Crippen LogP contribution in [-0.4, -0.2) is 9.78 Å². The van der Waals surface area contributed by atoms with Crippen molar-refractivity contribution in [2.24, 2.45) is 7.05 Å². The molecule has 0 saturated carbocycles. The third kappa shape index (κ3) is 2.08. The summed E-state index contributed by atoms with van der Waals surface area (Å²) in [6.45, 7) is 5.73. The van der Waals surface area contributed by atoms with E-state index in [0.717, 1.165) is 11.3 Å². The van der Waals surface area contributed by atoms with Crippen LogP contribution in [0.2, 0.25) is 0 Å². The van der Waals surface area contributed by atoms with Crippen molar-refractivity contribution < 1.29 is 0 Å². The molecule has 0 aliphatic rings. The molecule has 0 unspecified atom stereocenters. The number of rotatable bonds is 2. The van der Waals surface area contributed by atoms with E-state index in [-0.39, 0.29) is 0 Å². The minimum Gasteiger partial charge on any atom is -0.269 e. The molecular weight excluding hydrogens is 136 g/mol. The van der Waals surface area contributed by atoms with Crippen LogP contribution in [0.5, 0.6) is 0 Å². The second-order valence-corrected chi connectivity index (χ2v) is 2.56. The summed E-state index contributed by atoms with van der Waals surface area (Å²) >= 11 is 0. The van der Waals surface area contributed by atoms with E-state index in [1.807, 2.05) is 36.9 Å². The highest BCUT2D eigenvalue weighted by Gasteiger charge is 1.89. The fourth-order valence-electron chi connectivity index (χ4n) is 0.775. The molecule has 11 heavy (non-hydrogen) atoms. The molecule has 0 bridgehead atoms. The molecule has 1 aromatic heterocycles. The Morgan fingerprint density at radius 3 is 2.91 bits per heavy atom. The molecule has 0 radical (unpaired) electrons. The number of hydrogen-bond donors (Lipinski definition) is 0. The van der Waals surface area contributed by atoms with E-state index in [1.165, 1.54) is 0 Å². The first-order valence-electron chi connectivity index (χ1n) is 3.52. The van der Waals surface area contributed by atoms with Crippen LogP contribution in [0.1, 0.15) is 12.6 Å². The lowest BCUT2D eigenvalue weighted by molar-refractivity contribution is 0.759. The Hall–Kier alpha value is -1.31. The van der Waals surface area contributed by atoms with Gasteiger partial charge in [0, 0.05) is 13.2 Å². The predicted molar refractivity (Wildman–Crippen MR) is 47.1 cm³/mol. The molecule has 58 valence electrons. The van der Waals surface area contributed by atoms with Crippen molar-refractivity contribution in [3.05, 3.63) is 36.2 Å². The number of aromatic nitrogens is 2. The zero-order chi connectivity index (χ0) is 8.27. The fourth-order valence-corrected chi connectivity index (χ4v) is 0.775. The van der Waals surface area contributed by atoms with Crippen molar-refractivity contribution in [1.82, 2.24) is 9.78 Å². The molecule has 0 saturated heterocycles. The maximum atomic E-state index is 4.03. The van der Waals surface area contributed by atoms with Gasteiger partial charge in [-0.2, -0.15) is 5.10 Å². The summed E-state index contributed by atoms with van der Waals surface area (Å²) in [5, 5.41) is 4.03. The van der Waals surface area contributed by atoms with Crippen LogP contribution in [0.4, 0.5) is 0 Å². The normalized spacial score (nSPS) is 10.7. The maximum Gasteiger partial charge on any atom is 0.0606 e. The minimum atomic E-state index is 1.05. The lowest BCUT2D eigenvalue weighted by atomic mass is 10.3. The van der Waals surface area contributed by atoms with Crippen molar-refractivity contribution in [3.63, 3.8) is 0 Å². The first-order chi connectivity index (χ1) is 5.20. The fraction of sp³-hybridized carbons (Fsp3) is 0.222. The van der Waals surface area contributed by atoms with Gasteiger partial charge in [0.1, 0.15) is 0 Å². The molecular formula is C9H12N2. The van der Waals surface area contributed by atoms with E-state index < -0.39 is 0 Å². The topological polar surface area (TPSA) is 17.8 Å². The van der Waals surface area contributed by atoms with Gasteiger partial charge in [-0.3, -0.25) is 4.68 Å². The summed E-state index contributed by atoms with van der Waals surface area (Å²) < 4.78 is 1.82. The largest absolute Gasteiger partial charge is 0.269 e. The van der Waals surface area contributed by atoms with Crippen LogP contribution in [0.25, 0.3) is 6.08 Å². The molecule has 0 aliphatic heterocycles. The van der Waals surface area contributed by atoms with Gasteiger partial charge >= 0.3 is 0 Å². The van der Waals surface area contributed by atoms with Gasteiger partial charge in [0.15, 0.2) is 0 Å². The molecule has 0 atom stereocenters. The van der Waals surface area contributed by atoms with Gasteiger partial charge in [-0.15, -0.1) is 0 Å². The highest BCUT2D eigenvalue weighted by atomic mass is 15.2. The molecule has 0 amide bonds. The van der Waals surface area contributed by atoms with Crippen molar-refractivity contribution in [2.45, 2.75) is 6.92 Å². The Morgan fingerprint density at radius 1 is 1.73 bits per heavy atom. The summed E-state index contributed by atoms with van der Waals surface area (Å²) in [4.78, 5) is 0. The summed E-state index contributed by atoms with van der Waals surface area (Å²) in [7, 11) is 1.91. The van der Waals surface area contributed by atoms with Crippen LogP contribution in [0, 0.1) is 0 Å². The van der Waals surface area contributed by atoms with Gasteiger partial charge in [0.05, 0.1) is 5.69 Å². The SMILES string of the molecule is C=C(C)/C=C\c1ccnn1C. The number of hydrogen-bond acceptors (Lipinski definition) is 1. The molecule has 2 heteroatoms. The summed E-state index contributed by atoms with van der Waals surface area (Å²) in [5.74, 6) is 0. The van der Waals surface area contributed by atoms with E-state index in [2.05, 4.69) is 11.7 Å². The third-order valence-corrected chi connectivity index (χ3v) is 1.40. The van der Waals surface area contributed by atoms with E-state index in [1.54, 1.807) is 6.20 Å². The highest BCUT2D eigenvalue weighted by molar-refractivity contribution is 5.48. The standard InChI is InChI=1S/C9H12N2/c1-8(2)4-5-9-6-7-10-11(9)3/h4-7H,1H2,2-3H3/b5-4-. The quantitative estimate of drug-likeness (QED) is 0.586. The number of aryl methyl sites for hydroxylation is 1. The Bertz CT molecular complexity index is 282. The Balaban J connectivity index is 2.79. The molecule has 0 aliphatic carbocycles. The Morgan fingerprint density at radius 2 is 2.45 bits per heavy atom. The van der Waals surface area contributed by atoms with E-state index in [4.69, 9.17) is 0 Å². The Labute approximate surface area is 66.8 Å². The van der Waals surface area contributed by atoms with Gasteiger partial charge in [-0.25, -0.2) is 0 Å². The van der Waals surface area contributed by atoms with Crippen molar-refractivity contribution in [1.29, 1.82) is 0 Å². The van der Waals surface area contributed by atoms with Gasteiger partial charge in [-0.1, -0.05) is 18.2 Å². The summed E-state index contributed by atoms with van der Waals surface area (Å²) in [6.07, 6.45) is 5.74. The average molecular weight is 148 g/mol. The van der Waals surface area contributed by atoms with Crippen LogP contribution in [-0.2, 0) is 7.05 Å². The molecule has 1 aromatic rings. The smallest absolute Gasteiger partial charge is 0.0606 e. The number of nitrogens with zero attached hydrogens (tertiary/aromatic N) is 2. The maximum absolute atomic E-state index is 4.03. The van der Waals surface area contributed by atoms with E-state index >= 15 is 0 Å². The minimum absolute atomic E-state index is 1.05. The average Bonchev–Trinajstić information content (AvgIpc) is 2.31. The van der Waals surface area contributed by atoms with Crippen molar-refractivity contribution >= 4 is 6.08 Å². The highest BCUT2D eigenvalue weighted by Crippen LogP contribution is 2.01. The van der Waals surface area contributed by atoms with Crippen LogP contribution >= 0.6 is 0 Å². The Kier molecular flexibility index (Phi) is 2.26. The molecule has 2 nitrogen and oxygen atoms in total.